The molecule has 132 valence electrons. The number of hydrogen-bond acceptors (Lipinski definition) is 3. The second kappa shape index (κ2) is 8.39. The molecule has 1 saturated heterocycles. The molecular weight excluding hydrogens is 380 g/mol. The van der Waals surface area contributed by atoms with E-state index in [9.17, 15) is 4.79 Å². The van der Waals surface area contributed by atoms with Crippen LogP contribution in [0.5, 0.6) is 5.75 Å². The normalized spacial score (nSPS) is 15.0. The Morgan fingerprint density at radius 3 is 2.56 bits per heavy atom. The molecule has 2 aromatic rings. The van der Waals surface area contributed by atoms with Gasteiger partial charge in [0, 0.05) is 17.6 Å². The minimum absolute atomic E-state index is 0.00694. The summed E-state index contributed by atoms with van der Waals surface area (Å²) >= 11 is 3.38. The number of hydrogen-bond donors (Lipinski definition) is 1. The van der Waals surface area contributed by atoms with Crippen molar-refractivity contribution in [1.82, 2.24) is 0 Å². The van der Waals surface area contributed by atoms with E-state index in [2.05, 4.69) is 39.1 Å². The number of ether oxygens (including phenoxy) is 1. The zero-order valence-corrected chi connectivity index (χ0v) is 16.0. The quantitative estimate of drug-likeness (QED) is 0.787. The number of nitrogens with one attached hydrogen (secondary N) is 1. The van der Waals surface area contributed by atoms with Crippen LogP contribution in [-0.4, -0.2) is 25.6 Å². The lowest BCUT2D eigenvalue weighted by Crippen LogP contribution is -2.33. The van der Waals surface area contributed by atoms with E-state index < -0.39 is 0 Å². The number of carbonyl (C=O) groups excluding carboxylic acids is 1. The minimum Gasteiger partial charge on any atom is -0.484 e. The number of rotatable bonds is 5. The molecule has 0 bridgehead atoms. The predicted octanol–water partition coefficient (Wildman–Crippen LogP) is 4.70. The summed E-state index contributed by atoms with van der Waals surface area (Å²) in [6.07, 6.45) is 2.38. The Labute approximate surface area is 157 Å². The fourth-order valence-corrected chi connectivity index (χ4v) is 3.23. The number of anilines is 2. The van der Waals surface area contributed by atoms with Gasteiger partial charge in [0.15, 0.2) is 6.61 Å². The number of para-hydroxylation sites is 2. The highest BCUT2D eigenvalue weighted by molar-refractivity contribution is 9.10. The molecule has 0 aromatic heterocycles. The molecular formula is C20H23BrN2O2. The highest BCUT2D eigenvalue weighted by Crippen LogP contribution is 2.29. The Bertz CT molecular complexity index is 710. The molecule has 1 fully saturated rings. The topological polar surface area (TPSA) is 41.6 Å². The Morgan fingerprint density at radius 2 is 1.84 bits per heavy atom. The van der Waals surface area contributed by atoms with Crippen LogP contribution >= 0.6 is 15.9 Å². The summed E-state index contributed by atoms with van der Waals surface area (Å²) in [6.45, 7) is 4.35. The standard InChI is InChI=1S/C20H23BrN2O2/c1-15-10-12-23(13-11-15)19-5-3-2-4-18(19)22-20(24)14-25-17-8-6-16(21)7-9-17/h2-9,15H,10-14H2,1H3,(H,22,24). The van der Waals surface area contributed by atoms with E-state index in [4.69, 9.17) is 4.74 Å². The number of nitrogens with zero attached hydrogens (tertiary/aromatic N) is 1. The van der Waals surface area contributed by atoms with Crippen LogP contribution in [0.1, 0.15) is 19.8 Å². The van der Waals surface area contributed by atoms with Gasteiger partial charge in [0.05, 0.1) is 11.4 Å². The van der Waals surface area contributed by atoms with Crippen LogP contribution in [0.25, 0.3) is 0 Å². The van der Waals surface area contributed by atoms with Crippen molar-refractivity contribution in [3.05, 3.63) is 53.0 Å². The summed E-state index contributed by atoms with van der Waals surface area (Å²) < 4.78 is 6.53. The maximum Gasteiger partial charge on any atom is 0.262 e. The van der Waals surface area contributed by atoms with Crippen molar-refractivity contribution in [2.24, 2.45) is 5.92 Å². The molecule has 1 aliphatic heterocycles. The van der Waals surface area contributed by atoms with Crippen LogP contribution in [0, 0.1) is 5.92 Å². The van der Waals surface area contributed by atoms with Gasteiger partial charge in [0.25, 0.3) is 5.91 Å². The minimum atomic E-state index is -0.152. The van der Waals surface area contributed by atoms with Gasteiger partial charge in [-0.15, -0.1) is 0 Å². The van der Waals surface area contributed by atoms with E-state index in [0.717, 1.165) is 34.9 Å². The fraction of sp³-hybridized carbons (Fsp3) is 0.350. The van der Waals surface area contributed by atoms with Crippen molar-refractivity contribution in [3.63, 3.8) is 0 Å². The van der Waals surface area contributed by atoms with Gasteiger partial charge in [-0.3, -0.25) is 4.79 Å². The van der Waals surface area contributed by atoms with E-state index in [1.165, 1.54) is 12.8 Å². The first-order chi connectivity index (χ1) is 12.1. The molecule has 3 rings (SSSR count). The third kappa shape index (κ3) is 4.98. The highest BCUT2D eigenvalue weighted by atomic mass is 79.9. The summed E-state index contributed by atoms with van der Waals surface area (Å²) in [5.41, 5.74) is 1.94. The molecule has 0 radical (unpaired) electrons. The third-order valence-electron chi connectivity index (χ3n) is 4.49. The first-order valence-electron chi connectivity index (χ1n) is 8.64. The van der Waals surface area contributed by atoms with Gasteiger partial charge in [-0.25, -0.2) is 0 Å². The van der Waals surface area contributed by atoms with Crippen LogP contribution in [0.2, 0.25) is 0 Å². The molecule has 25 heavy (non-hydrogen) atoms. The summed E-state index contributed by atoms with van der Waals surface area (Å²) in [6, 6.07) is 15.4. The van der Waals surface area contributed by atoms with Crippen molar-refractivity contribution in [2.45, 2.75) is 19.8 Å². The summed E-state index contributed by atoms with van der Waals surface area (Å²) in [5.74, 6) is 1.30. The van der Waals surface area contributed by atoms with Gasteiger partial charge < -0.3 is 15.0 Å². The van der Waals surface area contributed by atoms with Gasteiger partial charge in [-0.1, -0.05) is 35.0 Å². The average Bonchev–Trinajstić information content (AvgIpc) is 2.63. The zero-order chi connectivity index (χ0) is 17.6. The average molecular weight is 403 g/mol. The smallest absolute Gasteiger partial charge is 0.262 e. The number of benzene rings is 2. The SMILES string of the molecule is CC1CCN(c2ccccc2NC(=O)COc2ccc(Br)cc2)CC1. The third-order valence-corrected chi connectivity index (χ3v) is 5.01. The molecule has 1 heterocycles. The molecule has 5 heteroatoms. The molecule has 1 aliphatic rings. The van der Waals surface area contributed by atoms with Crippen LogP contribution < -0.4 is 15.0 Å². The molecule has 1 N–H and O–H groups in total. The van der Waals surface area contributed by atoms with E-state index in [1.807, 2.05) is 42.5 Å². The summed E-state index contributed by atoms with van der Waals surface area (Å²) in [4.78, 5) is 14.6. The van der Waals surface area contributed by atoms with E-state index in [1.54, 1.807) is 0 Å². The van der Waals surface area contributed by atoms with Crippen molar-refractivity contribution >= 4 is 33.2 Å². The molecule has 1 amide bonds. The van der Waals surface area contributed by atoms with Crippen LogP contribution in [0.4, 0.5) is 11.4 Å². The number of piperidine rings is 1. The Balaban J connectivity index is 1.60. The lowest BCUT2D eigenvalue weighted by molar-refractivity contribution is -0.118. The molecule has 0 atom stereocenters. The molecule has 4 nitrogen and oxygen atoms in total. The van der Waals surface area contributed by atoms with Crippen LogP contribution in [0.3, 0.4) is 0 Å². The van der Waals surface area contributed by atoms with Crippen molar-refractivity contribution < 1.29 is 9.53 Å². The lowest BCUT2D eigenvalue weighted by Gasteiger charge is -2.33. The van der Waals surface area contributed by atoms with Gasteiger partial charge in [0.1, 0.15) is 5.75 Å². The number of amides is 1. The first kappa shape index (κ1) is 17.8. The molecule has 0 aliphatic carbocycles. The molecule has 0 unspecified atom stereocenters. The van der Waals surface area contributed by atoms with Crippen LogP contribution in [-0.2, 0) is 4.79 Å². The zero-order valence-electron chi connectivity index (χ0n) is 14.4. The fourth-order valence-electron chi connectivity index (χ4n) is 2.97. The molecule has 0 saturated carbocycles. The van der Waals surface area contributed by atoms with E-state index in [0.29, 0.717) is 5.75 Å². The largest absolute Gasteiger partial charge is 0.484 e. The monoisotopic (exact) mass is 402 g/mol. The summed E-state index contributed by atoms with van der Waals surface area (Å²) in [5, 5.41) is 2.99. The maximum absolute atomic E-state index is 12.3. The van der Waals surface area contributed by atoms with Gasteiger partial charge >= 0.3 is 0 Å². The lowest BCUT2D eigenvalue weighted by atomic mass is 9.98. The Morgan fingerprint density at radius 1 is 1.16 bits per heavy atom. The molecule has 0 spiro atoms. The van der Waals surface area contributed by atoms with Crippen LogP contribution in [0.15, 0.2) is 53.0 Å². The summed E-state index contributed by atoms with van der Waals surface area (Å²) in [7, 11) is 0. The van der Waals surface area contributed by atoms with E-state index in [-0.39, 0.29) is 12.5 Å². The van der Waals surface area contributed by atoms with Crippen molar-refractivity contribution in [2.75, 3.05) is 29.9 Å². The van der Waals surface area contributed by atoms with Gasteiger partial charge in [0.2, 0.25) is 0 Å². The number of halogens is 1. The number of carbonyl (C=O) groups is 1. The van der Waals surface area contributed by atoms with Gasteiger partial charge in [-0.05, 0) is 55.2 Å². The Hall–Kier alpha value is -2.01. The maximum atomic E-state index is 12.3. The van der Waals surface area contributed by atoms with Crippen molar-refractivity contribution in [3.8, 4) is 5.75 Å². The highest BCUT2D eigenvalue weighted by Gasteiger charge is 2.18. The van der Waals surface area contributed by atoms with Gasteiger partial charge in [-0.2, -0.15) is 0 Å². The van der Waals surface area contributed by atoms with Crippen molar-refractivity contribution in [1.29, 1.82) is 0 Å². The molecule has 2 aromatic carbocycles. The second-order valence-electron chi connectivity index (χ2n) is 6.48. The first-order valence-corrected chi connectivity index (χ1v) is 9.43. The predicted molar refractivity (Wildman–Crippen MR) is 105 cm³/mol. The van der Waals surface area contributed by atoms with E-state index >= 15 is 0 Å². The second-order valence-corrected chi connectivity index (χ2v) is 7.39. The Kier molecular flexibility index (Phi) is 5.97.